The second kappa shape index (κ2) is 8.02. The van der Waals surface area contributed by atoms with Crippen LogP contribution in [0.25, 0.3) is 0 Å². The maximum absolute atomic E-state index is 13.1. The Morgan fingerprint density at radius 1 is 1.56 bits per heavy atom. The number of nitrogens with zero attached hydrogens (tertiary/aromatic N) is 3. The van der Waals surface area contributed by atoms with Gasteiger partial charge in [0.25, 0.3) is 0 Å². The Balaban J connectivity index is 2.74. The molecule has 1 aromatic carbocycles. The lowest BCUT2D eigenvalue weighted by Gasteiger charge is -2.35. The first-order chi connectivity index (χ1) is 12.5. The molecule has 7 nitrogen and oxygen atoms in total. The van der Waals surface area contributed by atoms with Crippen LogP contribution in [0.2, 0.25) is 5.02 Å². The van der Waals surface area contributed by atoms with Gasteiger partial charge in [0.1, 0.15) is 11.3 Å². The molecule has 150 valence electrons. The molecule has 0 bridgehead atoms. The van der Waals surface area contributed by atoms with Crippen molar-refractivity contribution in [2.45, 2.75) is 30.1 Å². The molecule has 0 spiro atoms. The van der Waals surface area contributed by atoms with Gasteiger partial charge in [-0.2, -0.15) is 23.4 Å². The fourth-order valence-corrected chi connectivity index (χ4v) is 5.51. The maximum atomic E-state index is 13.1. The first-order valence-corrected chi connectivity index (χ1v) is 10.3. The summed E-state index contributed by atoms with van der Waals surface area (Å²) in [6.45, 7) is 2.04. The first-order valence-electron chi connectivity index (χ1n) is 7.53. The van der Waals surface area contributed by atoms with E-state index in [9.17, 15) is 17.4 Å². The number of nitrogens with one attached hydrogen (secondary N) is 1. The highest BCUT2D eigenvalue weighted by molar-refractivity contribution is 9.10. The number of hydrogen-bond acceptors (Lipinski definition) is 6. The largest absolute Gasteiger partial charge is 0.416 e. The van der Waals surface area contributed by atoms with Crippen LogP contribution in [0.1, 0.15) is 18.1 Å². The lowest BCUT2D eigenvalue weighted by Crippen LogP contribution is -2.55. The molecule has 1 aromatic rings. The zero-order valence-corrected chi connectivity index (χ0v) is 17.2. The van der Waals surface area contributed by atoms with Gasteiger partial charge in [0, 0.05) is 32.1 Å². The van der Waals surface area contributed by atoms with Crippen molar-refractivity contribution in [1.82, 2.24) is 5.32 Å². The molecule has 4 atom stereocenters. The summed E-state index contributed by atoms with van der Waals surface area (Å²) < 4.78 is 51.7. The number of azo groups is 1. The number of rotatable bonds is 5. The molecule has 0 aliphatic carbocycles. The van der Waals surface area contributed by atoms with Crippen LogP contribution in [0, 0.1) is 0 Å². The van der Waals surface area contributed by atoms with Crippen molar-refractivity contribution >= 4 is 44.2 Å². The van der Waals surface area contributed by atoms with E-state index in [2.05, 4.69) is 36.6 Å². The molecule has 0 fully saturated rings. The smallest absolute Gasteiger partial charge is 0.409 e. The third-order valence-corrected chi connectivity index (χ3v) is 6.25. The van der Waals surface area contributed by atoms with Crippen LogP contribution in [0.4, 0.5) is 13.2 Å². The minimum atomic E-state index is -4.60. The van der Waals surface area contributed by atoms with E-state index in [1.807, 2.05) is 0 Å². The van der Waals surface area contributed by atoms with E-state index in [0.29, 0.717) is 6.54 Å². The van der Waals surface area contributed by atoms with Crippen LogP contribution in [0.5, 0.6) is 0 Å². The number of oxime groups is 1. The van der Waals surface area contributed by atoms with Crippen molar-refractivity contribution < 1.29 is 22.6 Å². The van der Waals surface area contributed by atoms with E-state index in [-0.39, 0.29) is 20.9 Å². The van der Waals surface area contributed by atoms with Gasteiger partial charge >= 0.3 is 6.18 Å². The zero-order valence-electron chi connectivity index (χ0n) is 14.1. The molecule has 13 heteroatoms. The highest BCUT2D eigenvalue weighted by atomic mass is 79.9. The second-order valence-corrected chi connectivity index (χ2v) is 8.48. The summed E-state index contributed by atoms with van der Waals surface area (Å²) >= 11 is 9.32. The van der Waals surface area contributed by atoms with Crippen molar-refractivity contribution in [1.29, 1.82) is 0 Å². The fourth-order valence-electron chi connectivity index (χ4n) is 2.98. The average molecular weight is 491 g/mol. The summed E-state index contributed by atoms with van der Waals surface area (Å²) in [5.41, 5.74) is 3.30. The fraction of sp³-hybridized carbons (Fsp3) is 0.500. The van der Waals surface area contributed by atoms with Gasteiger partial charge in [0.05, 0.1) is 5.56 Å². The molecule has 0 amide bonds. The summed E-state index contributed by atoms with van der Waals surface area (Å²) in [7, 11) is -1.63. The summed E-state index contributed by atoms with van der Waals surface area (Å²) in [5, 5.41) is 21.8. The van der Waals surface area contributed by atoms with Crippen molar-refractivity contribution in [3.8, 4) is 0 Å². The van der Waals surface area contributed by atoms with E-state index in [1.54, 1.807) is 6.92 Å². The average Bonchev–Trinajstić information content (AvgIpc) is 2.93. The number of benzene rings is 1. The molecular formula is C14H16BrClF3N5O2S. The third kappa shape index (κ3) is 3.98. The molecule has 4 N–H and O–H groups in total. The first kappa shape index (κ1) is 22.1. The molecule has 2 rings (SSSR count). The zero-order chi connectivity index (χ0) is 20.6. The second-order valence-electron chi connectivity index (χ2n) is 5.71. The van der Waals surface area contributed by atoms with E-state index in [0.717, 1.165) is 12.1 Å². The topological polar surface area (TPSA) is 112 Å². The molecule has 0 radical (unpaired) electrons. The van der Waals surface area contributed by atoms with Crippen LogP contribution in [-0.4, -0.2) is 39.3 Å². The number of hydrogen-bond donors (Lipinski definition) is 3. The summed E-state index contributed by atoms with van der Waals surface area (Å²) in [4.78, 5) is 0. The molecule has 1 heterocycles. The Morgan fingerprint density at radius 3 is 2.63 bits per heavy atom. The van der Waals surface area contributed by atoms with Crippen molar-refractivity contribution in [3.05, 3.63) is 32.8 Å². The Morgan fingerprint density at radius 2 is 2.19 bits per heavy atom. The summed E-state index contributed by atoms with van der Waals surface area (Å²) in [6.07, 6.45) is -3.23. The van der Waals surface area contributed by atoms with Crippen molar-refractivity contribution in [2.75, 3.05) is 12.8 Å². The minimum Gasteiger partial charge on any atom is -0.409 e. The van der Waals surface area contributed by atoms with Crippen molar-refractivity contribution in [3.63, 3.8) is 0 Å². The monoisotopic (exact) mass is 489 g/mol. The van der Waals surface area contributed by atoms with E-state index in [4.69, 9.17) is 22.5 Å². The maximum Gasteiger partial charge on any atom is 0.416 e. The molecule has 0 saturated carbocycles. The van der Waals surface area contributed by atoms with Gasteiger partial charge in [-0.15, -0.1) is 0 Å². The number of alkyl halides is 3. The van der Waals surface area contributed by atoms with Crippen LogP contribution < -0.4 is 11.1 Å². The van der Waals surface area contributed by atoms with Crippen LogP contribution in [0.15, 0.2) is 32.0 Å². The van der Waals surface area contributed by atoms with Gasteiger partial charge in [0.2, 0.25) is 0 Å². The highest BCUT2D eigenvalue weighted by Crippen LogP contribution is 2.46. The lowest BCUT2D eigenvalue weighted by molar-refractivity contribution is -0.137. The standard InChI is InChI=1S/C14H16BrClF3N5O2S/c1-3-21-13(11(27(2)26)10(22-24-13)12(20)23-25)9-7(15)4-6(5-8(9)16)14(17,18)19/h4-5,10-11,21,25H,3H2,1-2H3,(H2,20,23). The molecule has 27 heavy (non-hydrogen) atoms. The van der Waals surface area contributed by atoms with E-state index < -0.39 is 39.5 Å². The SMILES string of the molecule is CCNC1(c2c(Cl)cc(C(F)(F)F)cc2Br)N=NC(C(N)=NO)C1S(C)=O. The van der Waals surface area contributed by atoms with Crippen LogP contribution in [0.3, 0.4) is 0 Å². The Bertz CT molecular complexity index is 799. The molecule has 1 aliphatic rings. The minimum absolute atomic E-state index is 0.0119. The van der Waals surface area contributed by atoms with Crippen LogP contribution in [-0.2, 0) is 22.6 Å². The Labute approximate surface area is 168 Å². The van der Waals surface area contributed by atoms with E-state index >= 15 is 0 Å². The predicted octanol–water partition coefficient (Wildman–Crippen LogP) is 3.21. The van der Waals surface area contributed by atoms with Gasteiger partial charge in [0.15, 0.2) is 11.5 Å². The summed E-state index contributed by atoms with van der Waals surface area (Å²) in [5.74, 6) is -0.321. The molecular weight excluding hydrogens is 475 g/mol. The molecule has 1 aliphatic heterocycles. The Kier molecular flexibility index (Phi) is 6.55. The number of nitrogens with two attached hydrogens (primary N) is 1. The lowest BCUT2D eigenvalue weighted by atomic mass is 9.92. The molecule has 0 aromatic heterocycles. The predicted molar refractivity (Wildman–Crippen MR) is 99.4 cm³/mol. The van der Waals surface area contributed by atoms with Gasteiger partial charge in [-0.25, -0.2) is 0 Å². The third-order valence-electron chi connectivity index (χ3n) is 4.01. The normalized spacial score (nSPS) is 27.1. The molecule has 4 unspecified atom stereocenters. The summed E-state index contributed by atoms with van der Waals surface area (Å²) in [6, 6.07) is 0.579. The Hall–Kier alpha value is -1.24. The van der Waals surface area contributed by atoms with Gasteiger partial charge in [-0.3, -0.25) is 9.53 Å². The van der Waals surface area contributed by atoms with Crippen LogP contribution >= 0.6 is 27.5 Å². The van der Waals surface area contributed by atoms with Gasteiger partial charge in [-0.1, -0.05) is 39.6 Å². The number of halogens is 5. The molecule has 0 saturated heterocycles. The number of amidine groups is 1. The quantitative estimate of drug-likeness (QED) is 0.255. The highest BCUT2D eigenvalue weighted by Gasteiger charge is 2.55. The van der Waals surface area contributed by atoms with Crippen molar-refractivity contribution in [2.24, 2.45) is 21.1 Å². The van der Waals surface area contributed by atoms with Gasteiger partial charge in [-0.05, 0) is 18.7 Å². The van der Waals surface area contributed by atoms with Gasteiger partial charge < -0.3 is 10.9 Å². The van der Waals surface area contributed by atoms with E-state index in [1.165, 1.54) is 6.26 Å².